The third-order valence-electron chi connectivity index (χ3n) is 3.61. The highest BCUT2D eigenvalue weighted by molar-refractivity contribution is 7.92. The van der Waals surface area contributed by atoms with E-state index < -0.39 is 10.0 Å². The molecule has 7 heteroatoms. The minimum Gasteiger partial charge on any atom is -0.489 e. The van der Waals surface area contributed by atoms with Crippen LogP contribution in [0.1, 0.15) is 11.3 Å². The lowest BCUT2D eigenvalue weighted by Gasteiger charge is -2.09. The zero-order valence-electron chi connectivity index (χ0n) is 14.0. The fourth-order valence-electron chi connectivity index (χ4n) is 2.41. The number of benzene rings is 2. The van der Waals surface area contributed by atoms with Crippen LogP contribution >= 0.6 is 0 Å². The molecule has 0 unspecified atom stereocenters. The molecule has 3 rings (SSSR count). The van der Waals surface area contributed by atoms with Crippen LogP contribution in [0, 0.1) is 6.92 Å². The molecule has 0 aliphatic carbocycles. The van der Waals surface area contributed by atoms with E-state index in [1.165, 1.54) is 10.9 Å². The maximum absolute atomic E-state index is 12.4. The van der Waals surface area contributed by atoms with E-state index in [9.17, 15) is 8.42 Å². The van der Waals surface area contributed by atoms with Gasteiger partial charge in [0.05, 0.1) is 5.69 Å². The molecule has 2 aromatic carbocycles. The van der Waals surface area contributed by atoms with Crippen molar-refractivity contribution in [3.05, 3.63) is 72.1 Å². The first-order chi connectivity index (χ1) is 11.9. The molecule has 0 spiro atoms. The van der Waals surface area contributed by atoms with Crippen molar-refractivity contribution in [2.24, 2.45) is 7.05 Å². The summed E-state index contributed by atoms with van der Waals surface area (Å²) >= 11 is 0. The number of rotatable bonds is 6. The van der Waals surface area contributed by atoms with Crippen molar-refractivity contribution in [1.29, 1.82) is 0 Å². The highest BCUT2D eigenvalue weighted by Crippen LogP contribution is 2.21. The first-order valence-electron chi connectivity index (χ1n) is 7.74. The van der Waals surface area contributed by atoms with Gasteiger partial charge in [-0.15, -0.1) is 0 Å². The van der Waals surface area contributed by atoms with E-state index in [4.69, 9.17) is 4.74 Å². The van der Waals surface area contributed by atoms with Crippen LogP contribution in [0.4, 0.5) is 5.69 Å². The van der Waals surface area contributed by atoms with Crippen LogP contribution in [0.2, 0.25) is 0 Å². The van der Waals surface area contributed by atoms with Gasteiger partial charge in [0.15, 0.2) is 0 Å². The molecule has 0 bridgehead atoms. The number of nitrogens with one attached hydrogen (secondary N) is 1. The van der Waals surface area contributed by atoms with Gasteiger partial charge in [0.1, 0.15) is 17.3 Å². The highest BCUT2D eigenvalue weighted by Gasteiger charge is 2.19. The van der Waals surface area contributed by atoms with Crippen molar-refractivity contribution >= 4 is 15.7 Å². The molecule has 0 atom stereocenters. The van der Waals surface area contributed by atoms with Crippen LogP contribution in [0.5, 0.6) is 5.75 Å². The van der Waals surface area contributed by atoms with Crippen molar-refractivity contribution in [3.8, 4) is 5.75 Å². The molecule has 0 saturated carbocycles. The number of aromatic nitrogens is 2. The first kappa shape index (κ1) is 17.0. The zero-order chi connectivity index (χ0) is 17.9. The Morgan fingerprint density at radius 1 is 1.08 bits per heavy atom. The van der Waals surface area contributed by atoms with E-state index in [0.29, 0.717) is 23.7 Å². The molecule has 0 aliphatic heterocycles. The monoisotopic (exact) mass is 357 g/mol. The van der Waals surface area contributed by atoms with Gasteiger partial charge in [-0.3, -0.25) is 9.40 Å². The van der Waals surface area contributed by atoms with E-state index in [1.807, 2.05) is 30.3 Å². The van der Waals surface area contributed by atoms with Gasteiger partial charge in [-0.1, -0.05) is 30.3 Å². The van der Waals surface area contributed by atoms with E-state index >= 15 is 0 Å². The number of aryl methyl sites for hydroxylation is 2. The summed E-state index contributed by atoms with van der Waals surface area (Å²) in [5.74, 6) is 0.671. The fraction of sp³-hybridized carbons (Fsp3) is 0.167. The Hall–Kier alpha value is -2.80. The number of nitrogens with zero attached hydrogens (tertiary/aromatic N) is 2. The van der Waals surface area contributed by atoms with Crippen molar-refractivity contribution in [3.63, 3.8) is 0 Å². The first-order valence-corrected chi connectivity index (χ1v) is 9.22. The van der Waals surface area contributed by atoms with Gasteiger partial charge in [-0.2, -0.15) is 5.10 Å². The summed E-state index contributed by atoms with van der Waals surface area (Å²) in [6.45, 7) is 2.12. The number of hydrogen-bond acceptors (Lipinski definition) is 4. The minimum absolute atomic E-state index is 0.166. The molecule has 1 N–H and O–H groups in total. The van der Waals surface area contributed by atoms with Crippen molar-refractivity contribution in [1.82, 2.24) is 9.78 Å². The van der Waals surface area contributed by atoms with Gasteiger partial charge in [0.25, 0.3) is 10.0 Å². The largest absolute Gasteiger partial charge is 0.489 e. The summed E-state index contributed by atoms with van der Waals surface area (Å²) in [5, 5.41) is 4.06. The predicted molar refractivity (Wildman–Crippen MR) is 96.0 cm³/mol. The van der Waals surface area contributed by atoms with Crippen LogP contribution in [0.3, 0.4) is 0 Å². The molecular formula is C18H19N3O3S. The third kappa shape index (κ3) is 4.19. The van der Waals surface area contributed by atoms with Crippen LogP contribution < -0.4 is 9.46 Å². The lowest BCUT2D eigenvalue weighted by atomic mass is 10.2. The van der Waals surface area contributed by atoms with Gasteiger partial charge in [0, 0.05) is 18.9 Å². The van der Waals surface area contributed by atoms with Crippen LogP contribution in [0.25, 0.3) is 0 Å². The Kier molecular flexibility index (Phi) is 4.76. The summed E-state index contributed by atoms with van der Waals surface area (Å²) in [6.07, 6.45) is 1.48. The van der Waals surface area contributed by atoms with Crippen LogP contribution in [-0.4, -0.2) is 18.2 Å². The van der Waals surface area contributed by atoms with Gasteiger partial charge < -0.3 is 4.74 Å². The average Bonchev–Trinajstić information content (AvgIpc) is 2.94. The Balaban J connectivity index is 1.67. The van der Waals surface area contributed by atoms with Crippen molar-refractivity contribution in [2.75, 3.05) is 4.72 Å². The summed E-state index contributed by atoms with van der Waals surface area (Å²) in [7, 11) is -1.98. The van der Waals surface area contributed by atoms with Gasteiger partial charge in [0.2, 0.25) is 0 Å². The smallest absolute Gasteiger partial charge is 0.265 e. The second-order valence-corrected chi connectivity index (χ2v) is 7.31. The maximum Gasteiger partial charge on any atom is 0.265 e. The van der Waals surface area contributed by atoms with Crippen LogP contribution in [0.15, 0.2) is 65.7 Å². The zero-order valence-corrected chi connectivity index (χ0v) is 14.8. The minimum atomic E-state index is -3.67. The molecule has 6 nitrogen and oxygen atoms in total. The Morgan fingerprint density at radius 3 is 2.36 bits per heavy atom. The Morgan fingerprint density at radius 2 is 1.76 bits per heavy atom. The van der Waals surface area contributed by atoms with Crippen molar-refractivity contribution < 1.29 is 13.2 Å². The molecule has 0 aliphatic rings. The fourth-order valence-corrected chi connectivity index (χ4v) is 3.69. The Bertz CT molecular complexity index is 949. The SMILES string of the molecule is Cc1nn(C)cc1S(=O)(=O)Nc1ccc(OCc2ccccc2)cc1. The van der Waals surface area contributed by atoms with Gasteiger partial charge >= 0.3 is 0 Å². The molecule has 0 fully saturated rings. The number of ether oxygens (including phenoxy) is 1. The van der Waals surface area contributed by atoms with Gasteiger partial charge in [-0.05, 0) is 36.8 Å². The molecule has 130 valence electrons. The maximum atomic E-state index is 12.4. The molecule has 1 aromatic heterocycles. The third-order valence-corrected chi connectivity index (χ3v) is 5.10. The molecule has 25 heavy (non-hydrogen) atoms. The Labute approximate surface area is 147 Å². The van der Waals surface area contributed by atoms with E-state index in [-0.39, 0.29) is 4.90 Å². The van der Waals surface area contributed by atoms with Crippen molar-refractivity contribution in [2.45, 2.75) is 18.4 Å². The van der Waals surface area contributed by atoms with Crippen LogP contribution in [-0.2, 0) is 23.7 Å². The average molecular weight is 357 g/mol. The van der Waals surface area contributed by atoms with E-state index in [2.05, 4.69) is 9.82 Å². The molecule has 1 heterocycles. The standard InChI is InChI=1S/C18H19N3O3S/c1-14-18(12-21(2)19-14)25(22,23)20-16-8-10-17(11-9-16)24-13-15-6-4-3-5-7-15/h3-12,20H,13H2,1-2H3. The second kappa shape index (κ2) is 6.98. The predicted octanol–water partition coefficient (Wildman–Crippen LogP) is 3.11. The second-order valence-electron chi connectivity index (χ2n) is 5.66. The molecule has 0 amide bonds. The quantitative estimate of drug-likeness (QED) is 0.736. The number of anilines is 1. The topological polar surface area (TPSA) is 73.2 Å². The van der Waals surface area contributed by atoms with E-state index in [0.717, 1.165) is 5.56 Å². The lowest BCUT2D eigenvalue weighted by Crippen LogP contribution is -2.13. The summed E-state index contributed by atoms with van der Waals surface area (Å²) < 4.78 is 34.6. The van der Waals surface area contributed by atoms with Gasteiger partial charge in [-0.25, -0.2) is 8.42 Å². The summed E-state index contributed by atoms with van der Waals surface area (Å²) in [6, 6.07) is 16.6. The highest BCUT2D eigenvalue weighted by atomic mass is 32.2. The number of sulfonamides is 1. The molecule has 0 radical (unpaired) electrons. The summed E-state index contributed by atoms with van der Waals surface area (Å²) in [4.78, 5) is 0.166. The normalized spacial score (nSPS) is 11.3. The molecular weight excluding hydrogens is 338 g/mol. The summed E-state index contributed by atoms with van der Waals surface area (Å²) in [5.41, 5.74) is 1.99. The number of hydrogen-bond donors (Lipinski definition) is 1. The lowest BCUT2D eigenvalue weighted by molar-refractivity contribution is 0.306. The molecule has 3 aromatic rings. The molecule has 0 saturated heterocycles. The van der Waals surface area contributed by atoms with E-state index in [1.54, 1.807) is 38.2 Å².